The van der Waals surface area contributed by atoms with Gasteiger partial charge < -0.3 is 10.0 Å². The third-order valence-electron chi connectivity index (χ3n) is 5.13. The highest BCUT2D eigenvalue weighted by Gasteiger charge is 2.36. The van der Waals surface area contributed by atoms with Crippen LogP contribution in [0.2, 0.25) is 0 Å². The summed E-state index contributed by atoms with van der Waals surface area (Å²) in [5.74, 6) is 0.305. The highest BCUT2D eigenvalue weighted by atomic mass is 19.1. The van der Waals surface area contributed by atoms with Crippen molar-refractivity contribution in [2.24, 2.45) is 11.8 Å². The van der Waals surface area contributed by atoms with Gasteiger partial charge in [-0.2, -0.15) is 0 Å². The fourth-order valence-corrected chi connectivity index (χ4v) is 3.72. The third-order valence-corrected chi connectivity index (χ3v) is 5.13. The second kappa shape index (κ2) is 5.32. The quantitative estimate of drug-likeness (QED) is 0.902. The van der Waals surface area contributed by atoms with Gasteiger partial charge in [0.05, 0.1) is 0 Å². The van der Waals surface area contributed by atoms with Crippen LogP contribution in [0.3, 0.4) is 0 Å². The van der Waals surface area contributed by atoms with E-state index in [-0.39, 0.29) is 11.9 Å². The number of hydrogen-bond donors (Lipinski definition) is 1. The molecular weight excluding hydrogens is 269 g/mol. The number of carbonyl (C=O) groups excluding carboxylic acids is 1. The molecule has 0 aromatic heterocycles. The molecule has 1 saturated carbocycles. The first-order valence-corrected chi connectivity index (χ1v) is 7.79. The topological polar surface area (TPSA) is 40.5 Å². The summed E-state index contributed by atoms with van der Waals surface area (Å²) >= 11 is 0. The van der Waals surface area contributed by atoms with Crippen molar-refractivity contribution in [1.29, 1.82) is 0 Å². The molecule has 0 atom stereocenters. The number of phenolic OH excluding ortho intramolecular Hbond substituents is 1. The van der Waals surface area contributed by atoms with Gasteiger partial charge in [0.1, 0.15) is 0 Å². The Bertz CT molecular complexity index is 562. The Hall–Kier alpha value is -1.58. The molecule has 114 valence electrons. The van der Waals surface area contributed by atoms with E-state index in [4.69, 9.17) is 0 Å². The Morgan fingerprint density at radius 3 is 2.52 bits per heavy atom. The maximum absolute atomic E-state index is 13.4. The van der Waals surface area contributed by atoms with Crippen LogP contribution in [-0.2, 0) is 6.54 Å². The molecule has 1 heterocycles. The third kappa shape index (κ3) is 2.52. The van der Waals surface area contributed by atoms with Crippen LogP contribution in [-0.4, -0.2) is 22.0 Å². The van der Waals surface area contributed by atoms with Gasteiger partial charge in [0.25, 0.3) is 5.91 Å². The number of halogens is 1. The van der Waals surface area contributed by atoms with Crippen LogP contribution in [0.1, 0.15) is 55.5 Å². The molecule has 0 spiro atoms. The van der Waals surface area contributed by atoms with Crippen molar-refractivity contribution in [3.8, 4) is 5.75 Å². The van der Waals surface area contributed by atoms with Crippen molar-refractivity contribution in [2.75, 3.05) is 0 Å². The molecule has 1 amide bonds. The van der Waals surface area contributed by atoms with E-state index in [1.54, 1.807) is 0 Å². The molecule has 0 radical (unpaired) electrons. The Morgan fingerprint density at radius 1 is 1.24 bits per heavy atom. The smallest absolute Gasteiger partial charge is 0.254 e. The Morgan fingerprint density at radius 2 is 1.90 bits per heavy atom. The van der Waals surface area contributed by atoms with Crippen molar-refractivity contribution in [3.63, 3.8) is 0 Å². The first-order valence-electron chi connectivity index (χ1n) is 7.79. The van der Waals surface area contributed by atoms with E-state index in [0.29, 0.717) is 23.6 Å². The molecule has 1 aromatic rings. The number of hydrogen-bond acceptors (Lipinski definition) is 2. The Labute approximate surface area is 124 Å². The number of aromatic hydroxyl groups is 1. The summed E-state index contributed by atoms with van der Waals surface area (Å²) in [6.45, 7) is 4.99. The molecule has 1 N–H and O–H groups in total. The van der Waals surface area contributed by atoms with Crippen molar-refractivity contribution in [1.82, 2.24) is 4.90 Å². The van der Waals surface area contributed by atoms with Gasteiger partial charge in [-0.3, -0.25) is 4.79 Å². The lowest BCUT2D eigenvalue weighted by molar-refractivity contribution is 0.0619. The van der Waals surface area contributed by atoms with Gasteiger partial charge in [0.2, 0.25) is 0 Å². The van der Waals surface area contributed by atoms with E-state index in [0.717, 1.165) is 31.6 Å². The van der Waals surface area contributed by atoms with Crippen molar-refractivity contribution >= 4 is 5.91 Å². The molecular formula is C17H22FNO2. The fraction of sp³-hybridized carbons (Fsp3) is 0.588. The SMILES string of the molecule is CC(C)C1CCC(N2Cc3cc(F)c(O)cc3C2=O)CC1. The van der Waals surface area contributed by atoms with Gasteiger partial charge in [0, 0.05) is 18.2 Å². The number of phenols is 1. The molecule has 3 rings (SSSR count). The first kappa shape index (κ1) is 14.4. The van der Waals surface area contributed by atoms with E-state index in [2.05, 4.69) is 13.8 Å². The Kier molecular flexibility index (Phi) is 3.64. The van der Waals surface area contributed by atoms with E-state index >= 15 is 0 Å². The minimum Gasteiger partial charge on any atom is -0.505 e. The van der Waals surface area contributed by atoms with E-state index in [1.165, 1.54) is 12.1 Å². The van der Waals surface area contributed by atoms with Crippen LogP contribution in [0.4, 0.5) is 4.39 Å². The van der Waals surface area contributed by atoms with Crippen LogP contribution in [0.5, 0.6) is 5.75 Å². The van der Waals surface area contributed by atoms with E-state index in [1.807, 2.05) is 4.90 Å². The van der Waals surface area contributed by atoms with Crippen molar-refractivity contribution in [3.05, 3.63) is 29.1 Å². The number of nitrogens with zero attached hydrogens (tertiary/aromatic N) is 1. The molecule has 3 nitrogen and oxygen atoms in total. The summed E-state index contributed by atoms with van der Waals surface area (Å²) in [6, 6.07) is 2.82. The lowest BCUT2D eigenvalue weighted by Crippen LogP contribution is -2.38. The van der Waals surface area contributed by atoms with Crippen molar-refractivity contribution in [2.45, 2.75) is 52.1 Å². The zero-order valence-corrected chi connectivity index (χ0v) is 12.6. The zero-order chi connectivity index (χ0) is 15.1. The minimum atomic E-state index is -0.646. The second-order valence-corrected chi connectivity index (χ2v) is 6.71. The standard InChI is InChI=1S/C17H22FNO2/c1-10(2)11-3-5-13(6-4-11)19-9-12-7-15(18)16(20)8-14(12)17(19)21/h7-8,10-11,13,20H,3-6,9H2,1-2H3. The van der Waals surface area contributed by atoms with Gasteiger partial charge in [0.15, 0.2) is 11.6 Å². The zero-order valence-electron chi connectivity index (χ0n) is 12.6. The maximum atomic E-state index is 13.4. The monoisotopic (exact) mass is 291 g/mol. The molecule has 2 aliphatic rings. The maximum Gasteiger partial charge on any atom is 0.254 e. The fourth-order valence-electron chi connectivity index (χ4n) is 3.72. The first-order chi connectivity index (χ1) is 9.97. The van der Waals surface area contributed by atoms with Crippen LogP contribution >= 0.6 is 0 Å². The average Bonchev–Trinajstić information content (AvgIpc) is 2.77. The number of amides is 1. The predicted molar refractivity (Wildman–Crippen MR) is 78.5 cm³/mol. The molecule has 1 aliphatic heterocycles. The predicted octanol–water partition coefficient (Wildman–Crippen LogP) is 3.70. The molecule has 21 heavy (non-hydrogen) atoms. The molecule has 0 bridgehead atoms. The minimum absolute atomic E-state index is 0.0618. The highest BCUT2D eigenvalue weighted by Crippen LogP contribution is 2.36. The normalized spacial score (nSPS) is 25.5. The second-order valence-electron chi connectivity index (χ2n) is 6.71. The van der Waals surface area contributed by atoms with Crippen LogP contribution in [0.15, 0.2) is 12.1 Å². The van der Waals surface area contributed by atoms with Gasteiger partial charge in [-0.1, -0.05) is 13.8 Å². The summed E-state index contributed by atoms with van der Waals surface area (Å²) in [5.41, 5.74) is 1.15. The van der Waals surface area contributed by atoms with Crippen LogP contribution < -0.4 is 0 Å². The van der Waals surface area contributed by atoms with Crippen LogP contribution in [0.25, 0.3) is 0 Å². The highest BCUT2D eigenvalue weighted by molar-refractivity contribution is 5.99. The Balaban J connectivity index is 1.74. The molecule has 1 aromatic carbocycles. The van der Waals surface area contributed by atoms with Gasteiger partial charge >= 0.3 is 0 Å². The summed E-state index contributed by atoms with van der Waals surface area (Å²) in [4.78, 5) is 14.3. The molecule has 0 unspecified atom stereocenters. The molecule has 1 aliphatic carbocycles. The largest absolute Gasteiger partial charge is 0.505 e. The summed E-state index contributed by atoms with van der Waals surface area (Å²) in [5, 5.41) is 9.45. The number of benzene rings is 1. The van der Waals surface area contributed by atoms with E-state index < -0.39 is 11.6 Å². The number of fused-ring (bicyclic) bond motifs is 1. The lowest BCUT2D eigenvalue weighted by Gasteiger charge is -2.36. The number of rotatable bonds is 2. The van der Waals surface area contributed by atoms with E-state index in [9.17, 15) is 14.3 Å². The molecule has 4 heteroatoms. The lowest BCUT2D eigenvalue weighted by atomic mass is 9.79. The summed E-state index contributed by atoms with van der Waals surface area (Å²) < 4.78 is 13.4. The van der Waals surface area contributed by atoms with Gasteiger partial charge in [-0.15, -0.1) is 0 Å². The van der Waals surface area contributed by atoms with Crippen molar-refractivity contribution < 1.29 is 14.3 Å². The van der Waals surface area contributed by atoms with Crippen LogP contribution in [0, 0.1) is 17.7 Å². The molecule has 1 fully saturated rings. The summed E-state index contributed by atoms with van der Waals surface area (Å²) in [6.07, 6.45) is 4.36. The summed E-state index contributed by atoms with van der Waals surface area (Å²) in [7, 11) is 0. The molecule has 0 saturated heterocycles. The van der Waals surface area contributed by atoms with Gasteiger partial charge in [-0.25, -0.2) is 4.39 Å². The van der Waals surface area contributed by atoms with Gasteiger partial charge in [-0.05, 0) is 55.2 Å². The number of carbonyl (C=O) groups is 1. The average molecular weight is 291 g/mol.